The molecule has 8 heteroatoms. The Labute approximate surface area is 137 Å². The van der Waals surface area contributed by atoms with Crippen LogP contribution in [0.1, 0.15) is 15.9 Å². The Hall–Kier alpha value is -2.12. The lowest BCUT2D eigenvalue weighted by Gasteiger charge is -2.08. The molecule has 0 saturated carbocycles. The largest absolute Gasteiger partial charge is 0.507 e. The van der Waals surface area contributed by atoms with Gasteiger partial charge in [0.15, 0.2) is 9.84 Å². The minimum absolute atomic E-state index is 0.0755. The molecule has 0 aliphatic rings. The number of carbonyl (C=O) groups is 1. The number of hydrogen-bond donors (Lipinski definition) is 1. The van der Waals surface area contributed by atoms with Gasteiger partial charge < -0.3 is 9.84 Å². The summed E-state index contributed by atoms with van der Waals surface area (Å²) in [6.07, 6.45) is 0. The van der Waals surface area contributed by atoms with Crippen LogP contribution in [0, 0.1) is 5.82 Å². The highest BCUT2D eigenvalue weighted by Crippen LogP contribution is 2.27. The van der Waals surface area contributed by atoms with E-state index in [1.54, 1.807) is 0 Å². The Morgan fingerprint density at radius 1 is 1.26 bits per heavy atom. The maximum absolute atomic E-state index is 13.0. The Kier molecular flexibility index (Phi) is 4.91. The van der Waals surface area contributed by atoms with Crippen molar-refractivity contribution in [1.82, 2.24) is 0 Å². The quantitative estimate of drug-likeness (QED) is 0.671. The predicted octanol–water partition coefficient (Wildman–Crippen LogP) is 2.95. The van der Waals surface area contributed by atoms with E-state index in [0.717, 1.165) is 31.4 Å². The number of rotatable bonds is 4. The van der Waals surface area contributed by atoms with Crippen molar-refractivity contribution in [3.63, 3.8) is 0 Å². The summed E-state index contributed by atoms with van der Waals surface area (Å²) >= 11 is 5.77. The lowest BCUT2D eigenvalue weighted by molar-refractivity contribution is 0.0597. The summed E-state index contributed by atoms with van der Waals surface area (Å²) in [7, 11) is -2.68. The number of ether oxygens (including phenoxy) is 1. The Morgan fingerprint density at radius 2 is 1.96 bits per heavy atom. The van der Waals surface area contributed by atoms with Gasteiger partial charge in [-0.2, -0.15) is 0 Å². The third kappa shape index (κ3) is 3.80. The fourth-order valence-corrected chi connectivity index (χ4v) is 3.90. The van der Waals surface area contributed by atoms with Gasteiger partial charge in [-0.15, -0.1) is 0 Å². The van der Waals surface area contributed by atoms with Crippen LogP contribution in [-0.4, -0.2) is 26.6 Å². The first-order valence-electron chi connectivity index (χ1n) is 6.32. The first-order chi connectivity index (χ1) is 10.7. The van der Waals surface area contributed by atoms with Gasteiger partial charge in [-0.3, -0.25) is 0 Å². The minimum atomic E-state index is -3.84. The zero-order valence-corrected chi connectivity index (χ0v) is 13.5. The summed E-state index contributed by atoms with van der Waals surface area (Å²) in [5.74, 6) is -2.24. The molecule has 5 nitrogen and oxygen atoms in total. The molecule has 0 unspecified atom stereocenters. The van der Waals surface area contributed by atoms with Crippen LogP contribution in [0.5, 0.6) is 5.75 Å². The van der Waals surface area contributed by atoms with Crippen molar-refractivity contribution >= 4 is 27.4 Å². The third-order valence-electron chi connectivity index (χ3n) is 3.05. The van der Waals surface area contributed by atoms with Crippen LogP contribution in [-0.2, 0) is 20.3 Å². The first kappa shape index (κ1) is 17.2. The van der Waals surface area contributed by atoms with Crippen LogP contribution in [0.2, 0.25) is 5.02 Å². The normalized spacial score (nSPS) is 11.3. The van der Waals surface area contributed by atoms with E-state index in [2.05, 4.69) is 4.74 Å². The van der Waals surface area contributed by atoms with E-state index in [-0.39, 0.29) is 21.0 Å². The molecule has 0 fully saturated rings. The zero-order valence-electron chi connectivity index (χ0n) is 11.9. The minimum Gasteiger partial charge on any atom is -0.507 e. The van der Waals surface area contributed by atoms with Crippen LogP contribution in [0.4, 0.5) is 4.39 Å². The van der Waals surface area contributed by atoms with Crippen LogP contribution < -0.4 is 0 Å². The molecular weight excluding hydrogens is 347 g/mol. The molecule has 1 N–H and O–H groups in total. The summed E-state index contributed by atoms with van der Waals surface area (Å²) < 4.78 is 42.2. The van der Waals surface area contributed by atoms with Crippen molar-refractivity contribution in [2.45, 2.75) is 10.6 Å². The van der Waals surface area contributed by atoms with Crippen LogP contribution in [0.3, 0.4) is 0 Å². The second-order valence-electron chi connectivity index (χ2n) is 4.68. The Bertz CT molecular complexity index is 864. The maximum atomic E-state index is 13.0. The molecule has 0 aliphatic heterocycles. The molecule has 0 atom stereocenters. The van der Waals surface area contributed by atoms with E-state index < -0.39 is 33.1 Å². The molecule has 0 spiro atoms. The van der Waals surface area contributed by atoms with E-state index in [1.807, 2.05) is 0 Å². The van der Waals surface area contributed by atoms with Crippen LogP contribution in [0.15, 0.2) is 41.3 Å². The number of benzene rings is 2. The van der Waals surface area contributed by atoms with Gasteiger partial charge in [0.2, 0.25) is 0 Å². The zero-order chi connectivity index (χ0) is 17.2. The average molecular weight is 359 g/mol. The molecule has 2 aromatic rings. The number of methoxy groups -OCH3 is 1. The van der Waals surface area contributed by atoms with Crippen molar-refractivity contribution in [2.24, 2.45) is 0 Å². The van der Waals surface area contributed by atoms with E-state index in [1.165, 1.54) is 12.1 Å². The summed E-state index contributed by atoms with van der Waals surface area (Å²) in [6, 6.07) is 6.78. The topological polar surface area (TPSA) is 80.7 Å². The highest BCUT2D eigenvalue weighted by molar-refractivity contribution is 7.90. The highest BCUT2D eigenvalue weighted by Gasteiger charge is 2.20. The number of phenols is 1. The fourth-order valence-electron chi connectivity index (χ4n) is 1.97. The van der Waals surface area contributed by atoms with Gasteiger partial charge in [-0.1, -0.05) is 17.7 Å². The number of esters is 1. The van der Waals surface area contributed by atoms with Crippen molar-refractivity contribution < 1.29 is 27.4 Å². The van der Waals surface area contributed by atoms with Gasteiger partial charge in [-0.05, 0) is 35.9 Å². The van der Waals surface area contributed by atoms with E-state index in [0.29, 0.717) is 0 Å². The second kappa shape index (κ2) is 6.55. The summed E-state index contributed by atoms with van der Waals surface area (Å²) in [5.41, 5.74) is 0.170. The van der Waals surface area contributed by atoms with Gasteiger partial charge >= 0.3 is 5.97 Å². The number of hydrogen-bond acceptors (Lipinski definition) is 5. The summed E-state index contributed by atoms with van der Waals surface area (Å²) in [4.78, 5) is 11.2. The number of sulfone groups is 1. The second-order valence-corrected chi connectivity index (χ2v) is 7.04. The molecular formula is C15H12ClFO5S. The summed E-state index contributed by atoms with van der Waals surface area (Å²) in [6.45, 7) is 0. The van der Waals surface area contributed by atoms with Gasteiger partial charge in [-0.25, -0.2) is 17.6 Å². The number of aromatic hydroxyl groups is 1. The number of halogens is 2. The van der Waals surface area contributed by atoms with Crippen molar-refractivity contribution in [3.8, 4) is 5.75 Å². The number of phenolic OH excluding ortho intramolecular Hbond substituents is 1. The Balaban J connectivity index is 2.34. The fraction of sp³-hybridized carbons (Fsp3) is 0.133. The maximum Gasteiger partial charge on any atom is 0.341 e. The lowest BCUT2D eigenvalue weighted by Crippen LogP contribution is -2.07. The molecule has 0 bridgehead atoms. The molecule has 2 rings (SSSR count). The summed E-state index contributed by atoms with van der Waals surface area (Å²) in [5, 5.41) is 9.56. The molecule has 0 aliphatic carbocycles. The Morgan fingerprint density at radius 3 is 2.52 bits per heavy atom. The predicted molar refractivity (Wildman–Crippen MR) is 81.7 cm³/mol. The molecule has 2 aromatic carbocycles. The first-order valence-corrected chi connectivity index (χ1v) is 8.35. The van der Waals surface area contributed by atoms with Crippen molar-refractivity contribution in [2.75, 3.05) is 7.11 Å². The van der Waals surface area contributed by atoms with Crippen LogP contribution in [0.25, 0.3) is 0 Å². The molecule has 0 radical (unpaired) electrons. The third-order valence-corrected chi connectivity index (χ3v) is 5.22. The number of carbonyl (C=O) groups excluding carboxylic acids is 1. The van der Waals surface area contributed by atoms with Crippen molar-refractivity contribution in [3.05, 3.63) is 58.4 Å². The van der Waals surface area contributed by atoms with Gasteiger partial charge in [0, 0.05) is 0 Å². The average Bonchev–Trinajstić information content (AvgIpc) is 2.45. The molecule has 0 heterocycles. The van der Waals surface area contributed by atoms with Crippen molar-refractivity contribution in [1.29, 1.82) is 0 Å². The smallest absolute Gasteiger partial charge is 0.341 e. The molecule has 0 aromatic heterocycles. The molecule has 122 valence electrons. The monoisotopic (exact) mass is 358 g/mol. The van der Waals surface area contributed by atoms with Gasteiger partial charge in [0.05, 0.1) is 22.8 Å². The molecule has 0 amide bonds. The van der Waals surface area contributed by atoms with Gasteiger partial charge in [0.1, 0.15) is 17.1 Å². The standard InChI is InChI=1S/C15H12ClFO5S/c1-22-15(19)11-4-2-9(6-13(11)18)8-23(20,21)14-5-3-10(17)7-12(14)16/h2-7,18H,8H2,1H3. The van der Waals surface area contributed by atoms with E-state index >= 15 is 0 Å². The lowest BCUT2D eigenvalue weighted by atomic mass is 10.1. The highest BCUT2D eigenvalue weighted by atomic mass is 35.5. The SMILES string of the molecule is COC(=O)c1ccc(CS(=O)(=O)c2ccc(F)cc2Cl)cc1O. The molecule has 23 heavy (non-hydrogen) atoms. The van der Waals surface area contributed by atoms with E-state index in [4.69, 9.17) is 11.6 Å². The molecule has 0 saturated heterocycles. The van der Waals surface area contributed by atoms with Crippen LogP contribution >= 0.6 is 11.6 Å². The van der Waals surface area contributed by atoms with E-state index in [9.17, 15) is 22.7 Å². The van der Waals surface area contributed by atoms with Gasteiger partial charge in [0.25, 0.3) is 0 Å².